The van der Waals surface area contributed by atoms with Crippen LogP contribution in [0.2, 0.25) is 0 Å². The number of nitrogens with zero attached hydrogens (tertiary/aromatic N) is 2. The number of carbonyl (C=O) groups is 1. The first kappa shape index (κ1) is 17.3. The van der Waals surface area contributed by atoms with E-state index in [2.05, 4.69) is 4.98 Å². The molecule has 2 aliphatic heterocycles. The van der Waals surface area contributed by atoms with Gasteiger partial charge in [-0.15, -0.1) is 0 Å². The maximum Gasteiger partial charge on any atom is 0.417 e. The molecule has 1 aromatic heterocycles. The first-order valence-electron chi connectivity index (χ1n) is 8.19. The molecule has 2 atom stereocenters. The Morgan fingerprint density at radius 1 is 1.35 bits per heavy atom. The smallest absolute Gasteiger partial charge is 0.417 e. The van der Waals surface area contributed by atoms with Gasteiger partial charge in [0.15, 0.2) is 5.58 Å². The molecule has 3 heterocycles. The minimum absolute atomic E-state index is 0.0293. The van der Waals surface area contributed by atoms with Crippen LogP contribution in [0.3, 0.4) is 0 Å². The summed E-state index contributed by atoms with van der Waals surface area (Å²) in [5.74, 6) is -1.88. The second-order valence-electron chi connectivity index (χ2n) is 7.28. The summed E-state index contributed by atoms with van der Waals surface area (Å²) in [6, 6.07) is 2.87. The molecule has 0 bridgehead atoms. The zero-order valence-electron chi connectivity index (χ0n) is 14.4. The van der Waals surface area contributed by atoms with Crippen LogP contribution in [-0.2, 0) is 14.8 Å². The van der Waals surface area contributed by atoms with Gasteiger partial charge in [0.25, 0.3) is 0 Å². The van der Waals surface area contributed by atoms with E-state index in [1.165, 1.54) is 10.4 Å². The summed E-state index contributed by atoms with van der Waals surface area (Å²) >= 11 is 0. The lowest BCUT2D eigenvalue weighted by molar-refractivity contribution is -0.148. The molecule has 26 heavy (non-hydrogen) atoms. The fourth-order valence-electron chi connectivity index (χ4n) is 4.26. The number of nitrogens with one attached hydrogen (secondary N) is 1. The number of aromatic amines is 1. The average molecular weight is 381 g/mol. The van der Waals surface area contributed by atoms with E-state index in [0.717, 1.165) is 0 Å². The Hall–Kier alpha value is -2.17. The highest BCUT2D eigenvalue weighted by molar-refractivity contribution is 7.89. The number of rotatable bonds is 3. The van der Waals surface area contributed by atoms with Crippen LogP contribution < -0.4 is 5.76 Å². The number of aryl methyl sites for hydroxylation is 1. The van der Waals surface area contributed by atoms with Gasteiger partial charge in [0.05, 0.1) is 15.8 Å². The number of hydrogen-bond donors (Lipinski definition) is 2. The molecule has 0 radical (unpaired) electrons. The van der Waals surface area contributed by atoms with Gasteiger partial charge in [-0.1, -0.05) is 0 Å². The summed E-state index contributed by atoms with van der Waals surface area (Å²) < 4.78 is 32.6. The SMILES string of the molecule is Cc1cc2[nH]c(=O)oc2cc1S(=O)(=O)N1C[C@H]2CN(C)C[C@@]2(C(=O)O)C1. The van der Waals surface area contributed by atoms with E-state index in [9.17, 15) is 23.1 Å². The van der Waals surface area contributed by atoms with Gasteiger partial charge in [0.2, 0.25) is 10.0 Å². The van der Waals surface area contributed by atoms with Crippen LogP contribution in [0.25, 0.3) is 11.1 Å². The maximum absolute atomic E-state index is 13.2. The molecule has 0 saturated carbocycles. The fraction of sp³-hybridized carbons (Fsp3) is 0.500. The van der Waals surface area contributed by atoms with Gasteiger partial charge in [-0.3, -0.25) is 9.78 Å². The van der Waals surface area contributed by atoms with Crippen LogP contribution in [0.5, 0.6) is 0 Å². The van der Waals surface area contributed by atoms with Gasteiger partial charge < -0.3 is 14.4 Å². The molecule has 140 valence electrons. The molecule has 0 amide bonds. The Bertz CT molecular complexity index is 1070. The van der Waals surface area contributed by atoms with Crippen molar-refractivity contribution in [2.75, 3.05) is 33.2 Å². The van der Waals surface area contributed by atoms with Crippen LogP contribution in [-0.4, -0.2) is 66.9 Å². The Balaban J connectivity index is 1.75. The number of fused-ring (bicyclic) bond motifs is 2. The van der Waals surface area contributed by atoms with Crippen molar-refractivity contribution < 1.29 is 22.7 Å². The lowest BCUT2D eigenvalue weighted by atomic mass is 9.81. The number of benzene rings is 1. The quantitative estimate of drug-likeness (QED) is 0.771. The molecule has 2 aliphatic rings. The number of H-pyrrole nitrogens is 1. The van der Waals surface area contributed by atoms with E-state index in [1.807, 2.05) is 11.9 Å². The van der Waals surface area contributed by atoms with Gasteiger partial charge in [-0.05, 0) is 25.6 Å². The van der Waals surface area contributed by atoms with Crippen LogP contribution in [0.15, 0.2) is 26.2 Å². The second-order valence-corrected chi connectivity index (χ2v) is 9.19. The number of oxazole rings is 1. The summed E-state index contributed by atoms with van der Waals surface area (Å²) in [6.07, 6.45) is 0. The number of likely N-dealkylation sites (tertiary alicyclic amines) is 1. The first-order chi connectivity index (χ1) is 12.1. The van der Waals surface area contributed by atoms with Crippen molar-refractivity contribution in [1.82, 2.24) is 14.2 Å². The normalized spacial score (nSPS) is 27.2. The molecule has 0 unspecified atom stereocenters. The molecular formula is C16H19N3O6S. The van der Waals surface area contributed by atoms with Crippen molar-refractivity contribution in [2.24, 2.45) is 11.3 Å². The van der Waals surface area contributed by atoms with Crippen LogP contribution in [0.4, 0.5) is 0 Å². The molecule has 2 N–H and O–H groups in total. The predicted octanol–water partition coefficient (Wildman–Crippen LogP) is 0.0664. The Morgan fingerprint density at radius 3 is 2.73 bits per heavy atom. The van der Waals surface area contributed by atoms with Crippen molar-refractivity contribution in [3.63, 3.8) is 0 Å². The van der Waals surface area contributed by atoms with Crippen LogP contribution in [0, 0.1) is 18.3 Å². The van der Waals surface area contributed by atoms with Crippen molar-refractivity contribution >= 4 is 27.1 Å². The zero-order valence-corrected chi connectivity index (χ0v) is 15.2. The summed E-state index contributed by atoms with van der Waals surface area (Å²) in [6.45, 7) is 2.60. The van der Waals surface area contributed by atoms with Crippen molar-refractivity contribution in [3.8, 4) is 0 Å². The highest BCUT2D eigenvalue weighted by atomic mass is 32.2. The van der Waals surface area contributed by atoms with Gasteiger partial charge in [-0.25, -0.2) is 13.2 Å². The lowest BCUT2D eigenvalue weighted by Crippen LogP contribution is -2.41. The van der Waals surface area contributed by atoms with Gasteiger partial charge in [0, 0.05) is 38.2 Å². The third-order valence-electron chi connectivity index (χ3n) is 5.51. The van der Waals surface area contributed by atoms with E-state index in [0.29, 0.717) is 24.2 Å². The summed E-state index contributed by atoms with van der Waals surface area (Å²) in [5.41, 5.74) is -0.0340. The Kier molecular flexibility index (Phi) is 3.59. The molecule has 2 saturated heterocycles. The molecule has 2 fully saturated rings. The number of sulfonamides is 1. The molecule has 9 nitrogen and oxygen atoms in total. The lowest BCUT2D eigenvalue weighted by Gasteiger charge is -2.24. The van der Waals surface area contributed by atoms with E-state index in [1.54, 1.807) is 13.0 Å². The highest BCUT2D eigenvalue weighted by Crippen LogP contribution is 2.44. The predicted molar refractivity (Wildman–Crippen MR) is 91.4 cm³/mol. The second kappa shape index (κ2) is 5.41. The summed E-state index contributed by atoms with van der Waals surface area (Å²) in [5, 5.41) is 9.74. The molecule has 1 aromatic carbocycles. The van der Waals surface area contributed by atoms with E-state index < -0.39 is 27.2 Å². The molecule has 0 spiro atoms. The topological polar surface area (TPSA) is 124 Å². The van der Waals surface area contributed by atoms with E-state index >= 15 is 0 Å². The van der Waals surface area contributed by atoms with Crippen LogP contribution >= 0.6 is 0 Å². The van der Waals surface area contributed by atoms with E-state index in [-0.39, 0.29) is 29.5 Å². The van der Waals surface area contributed by atoms with Crippen molar-refractivity contribution in [2.45, 2.75) is 11.8 Å². The minimum atomic E-state index is -3.91. The first-order valence-corrected chi connectivity index (χ1v) is 9.63. The number of carboxylic acid groups (broad SMARTS) is 1. The summed E-state index contributed by atoms with van der Waals surface area (Å²) in [4.78, 5) is 27.7. The standard InChI is InChI=1S/C16H19N3O6S/c1-9-3-11-12(25-15(22)17-11)4-13(9)26(23,24)19-6-10-5-18(2)7-16(10,8-19)14(20)21/h3-4,10H,5-8H2,1-2H3,(H,17,22)(H,20,21)/t10-,16-/m1/s1. The number of hydrogen-bond acceptors (Lipinski definition) is 6. The molecule has 0 aliphatic carbocycles. The Labute approximate surface area is 149 Å². The third kappa shape index (κ3) is 2.32. The maximum atomic E-state index is 13.2. The van der Waals surface area contributed by atoms with E-state index in [4.69, 9.17) is 4.42 Å². The number of aliphatic carboxylic acids is 1. The van der Waals surface area contributed by atoms with Crippen molar-refractivity contribution in [1.29, 1.82) is 0 Å². The fourth-order valence-corrected chi connectivity index (χ4v) is 6.04. The number of aromatic nitrogens is 1. The van der Waals surface area contributed by atoms with Crippen molar-refractivity contribution in [3.05, 3.63) is 28.2 Å². The highest BCUT2D eigenvalue weighted by Gasteiger charge is 2.59. The zero-order chi connectivity index (χ0) is 18.9. The monoisotopic (exact) mass is 381 g/mol. The summed E-state index contributed by atoms with van der Waals surface area (Å²) in [7, 11) is -2.07. The molecule has 10 heteroatoms. The van der Waals surface area contributed by atoms with Gasteiger partial charge in [-0.2, -0.15) is 4.31 Å². The molecule has 2 aromatic rings. The number of carboxylic acids is 1. The minimum Gasteiger partial charge on any atom is -0.481 e. The van der Waals surface area contributed by atoms with Gasteiger partial charge in [0.1, 0.15) is 0 Å². The largest absolute Gasteiger partial charge is 0.481 e. The van der Waals surface area contributed by atoms with Gasteiger partial charge >= 0.3 is 11.7 Å². The van der Waals surface area contributed by atoms with Crippen LogP contribution in [0.1, 0.15) is 5.56 Å². The molecular weight excluding hydrogens is 362 g/mol. The molecule has 4 rings (SSSR count). The average Bonchev–Trinajstić information content (AvgIpc) is 3.15. The Morgan fingerprint density at radius 2 is 2.08 bits per heavy atom. The third-order valence-corrected chi connectivity index (χ3v) is 7.46.